The molecular weight excluding hydrogens is 200 g/mol. The van der Waals surface area contributed by atoms with Crippen LogP contribution in [-0.4, -0.2) is 19.1 Å². The predicted molar refractivity (Wildman–Crippen MR) is 57.9 cm³/mol. The second-order valence-corrected chi connectivity index (χ2v) is 3.96. The van der Waals surface area contributed by atoms with Crippen LogP contribution >= 0.6 is 11.6 Å². The summed E-state index contributed by atoms with van der Waals surface area (Å²) in [6.07, 6.45) is 1.64. The van der Waals surface area contributed by atoms with Crippen LogP contribution in [0.25, 0.3) is 0 Å². The number of nitrogens with zero attached hydrogens (tertiary/aromatic N) is 1. The average molecular weight is 215 g/mol. The molecule has 0 aliphatic rings. The SMILES string of the molecule is CNC(C)(C)c1c(Cl)ccnc1OC. The van der Waals surface area contributed by atoms with Gasteiger partial charge in [0.1, 0.15) is 0 Å². The topological polar surface area (TPSA) is 34.2 Å². The number of hydrogen-bond donors (Lipinski definition) is 1. The van der Waals surface area contributed by atoms with Gasteiger partial charge < -0.3 is 10.1 Å². The minimum absolute atomic E-state index is 0.253. The first kappa shape index (κ1) is 11.3. The minimum atomic E-state index is -0.253. The predicted octanol–water partition coefficient (Wildman–Crippen LogP) is 2.20. The van der Waals surface area contributed by atoms with Crippen molar-refractivity contribution in [3.8, 4) is 5.88 Å². The number of halogens is 1. The number of hydrogen-bond acceptors (Lipinski definition) is 3. The van der Waals surface area contributed by atoms with Crippen LogP contribution in [0.3, 0.4) is 0 Å². The molecule has 1 N–H and O–H groups in total. The zero-order chi connectivity index (χ0) is 10.8. The molecule has 0 aromatic carbocycles. The van der Waals surface area contributed by atoms with Crippen molar-refractivity contribution in [3.63, 3.8) is 0 Å². The van der Waals surface area contributed by atoms with Gasteiger partial charge in [0, 0.05) is 11.7 Å². The third-order valence-corrected chi connectivity index (χ3v) is 2.62. The third kappa shape index (κ3) is 1.99. The molecule has 0 aliphatic heterocycles. The third-order valence-electron chi connectivity index (χ3n) is 2.31. The smallest absolute Gasteiger partial charge is 0.219 e. The van der Waals surface area contributed by atoms with Crippen molar-refractivity contribution in [1.82, 2.24) is 10.3 Å². The lowest BCUT2D eigenvalue weighted by molar-refractivity contribution is 0.361. The van der Waals surface area contributed by atoms with Crippen molar-refractivity contribution in [2.75, 3.05) is 14.2 Å². The van der Waals surface area contributed by atoms with Crippen LogP contribution in [0.15, 0.2) is 12.3 Å². The molecular formula is C10H15ClN2O. The van der Waals surface area contributed by atoms with Gasteiger partial charge in [-0.05, 0) is 27.0 Å². The summed E-state index contributed by atoms with van der Waals surface area (Å²) in [7, 11) is 3.47. The monoisotopic (exact) mass is 214 g/mol. The van der Waals surface area contributed by atoms with E-state index in [1.54, 1.807) is 19.4 Å². The molecule has 0 saturated heterocycles. The van der Waals surface area contributed by atoms with Gasteiger partial charge in [0.25, 0.3) is 0 Å². The normalized spacial score (nSPS) is 11.5. The van der Waals surface area contributed by atoms with E-state index in [-0.39, 0.29) is 5.54 Å². The average Bonchev–Trinajstić information content (AvgIpc) is 2.17. The van der Waals surface area contributed by atoms with Crippen molar-refractivity contribution in [2.24, 2.45) is 0 Å². The van der Waals surface area contributed by atoms with E-state index < -0.39 is 0 Å². The molecule has 1 aromatic heterocycles. The Balaban J connectivity index is 3.30. The van der Waals surface area contributed by atoms with Gasteiger partial charge in [-0.15, -0.1) is 0 Å². The fourth-order valence-corrected chi connectivity index (χ4v) is 1.64. The van der Waals surface area contributed by atoms with Crippen molar-refractivity contribution in [2.45, 2.75) is 19.4 Å². The second-order valence-electron chi connectivity index (χ2n) is 3.55. The maximum absolute atomic E-state index is 6.11. The van der Waals surface area contributed by atoms with Gasteiger partial charge in [-0.3, -0.25) is 0 Å². The number of nitrogens with one attached hydrogen (secondary N) is 1. The molecule has 4 heteroatoms. The molecule has 0 radical (unpaired) electrons. The lowest BCUT2D eigenvalue weighted by Crippen LogP contribution is -2.34. The van der Waals surface area contributed by atoms with Crippen molar-refractivity contribution in [3.05, 3.63) is 22.8 Å². The maximum Gasteiger partial charge on any atom is 0.219 e. The zero-order valence-electron chi connectivity index (χ0n) is 8.89. The molecule has 3 nitrogen and oxygen atoms in total. The molecule has 0 bridgehead atoms. The van der Waals surface area contributed by atoms with Crippen LogP contribution in [0, 0.1) is 0 Å². The van der Waals surface area contributed by atoms with Crippen LogP contribution in [0.5, 0.6) is 5.88 Å². The second kappa shape index (κ2) is 4.15. The number of methoxy groups -OCH3 is 1. The number of ether oxygens (including phenoxy) is 1. The maximum atomic E-state index is 6.11. The molecule has 1 aromatic rings. The largest absolute Gasteiger partial charge is 0.481 e. The Morgan fingerprint density at radius 1 is 1.50 bits per heavy atom. The van der Waals surface area contributed by atoms with Gasteiger partial charge >= 0.3 is 0 Å². The molecule has 78 valence electrons. The Morgan fingerprint density at radius 3 is 2.64 bits per heavy atom. The highest BCUT2D eigenvalue weighted by atomic mass is 35.5. The molecule has 0 spiro atoms. The van der Waals surface area contributed by atoms with E-state index in [0.29, 0.717) is 10.9 Å². The van der Waals surface area contributed by atoms with Crippen molar-refractivity contribution < 1.29 is 4.74 Å². The highest BCUT2D eigenvalue weighted by Gasteiger charge is 2.25. The van der Waals surface area contributed by atoms with E-state index in [1.807, 2.05) is 20.9 Å². The van der Waals surface area contributed by atoms with Crippen LogP contribution in [0.1, 0.15) is 19.4 Å². The fourth-order valence-electron chi connectivity index (χ4n) is 1.27. The van der Waals surface area contributed by atoms with Gasteiger partial charge in [0.2, 0.25) is 5.88 Å². The number of rotatable bonds is 3. The molecule has 0 amide bonds. The van der Waals surface area contributed by atoms with Crippen molar-refractivity contribution in [1.29, 1.82) is 0 Å². The molecule has 0 unspecified atom stereocenters. The number of pyridine rings is 1. The number of aromatic nitrogens is 1. The summed E-state index contributed by atoms with van der Waals surface area (Å²) in [4.78, 5) is 4.13. The Morgan fingerprint density at radius 2 is 2.14 bits per heavy atom. The Kier molecular flexibility index (Phi) is 3.34. The lowest BCUT2D eigenvalue weighted by atomic mass is 9.95. The molecule has 1 rings (SSSR count). The van der Waals surface area contributed by atoms with Crippen LogP contribution in [-0.2, 0) is 5.54 Å². The van der Waals surface area contributed by atoms with Crippen LogP contribution in [0.4, 0.5) is 0 Å². The standard InChI is InChI=1S/C10H15ClN2O/c1-10(2,12-3)8-7(11)5-6-13-9(8)14-4/h5-6,12H,1-4H3. The van der Waals surface area contributed by atoms with E-state index in [4.69, 9.17) is 16.3 Å². The lowest BCUT2D eigenvalue weighted by Gasteiger charge is -2.26. The molecule has 1 heterocycles. The molecule has 14 heavy (non-hydrogen) atoms. The summed E-state index contributed by atoms with van der Waals surface area (Å²) >= 11 is 6.11. The summed E-state index contributed by atoms with van der Waals surface area (Å²) in [5, 5.41) is 3.83. The highest BCUT2D eigenvalue weighted by molar-refractivity contribution is 6.31. The van der Waals surface area contributed by atoms with Crippen LogP contribution in [0.2, 0.25) is 5.02 Å². The van der Waals surface area contributed by atoms with Gasteiger partial charge in [0.05, 0.1) is 17.7 Å². The first-order chi connectivity index (χ1) is 6.53. The highest BCUT2D eigenvalue weighted by Crippen LogP contribution is 2.33. The quantitative estimate of drug-likeness (QED) is 0.838. The van der Waals surface area contributed by atoms with Crippen LogP contribution < -0.4 is 10.1 Å². The first-order valence-corrected chi connectivity index (χ1v) is 4.78. The Bertz CT molecular complexity index is 326. The van der Waals surface area contributed by atoms with Gasteiger partial charge in [-0.1, -0.05) is 11.6 Å². The van der Waals surface area contributed by atoms with E-state index >= 15 is 0 Å². The molecule has 0 fully saturated rings. The van der Waals surface area contributed by atoms with E-state index in [9.17, 15) is 0 Å². The van der Waals surface area contributed by atoms with Gasteiger partial charge in [-0.2, -0.15) is 0 Å². The summed E-state index contributed by atoms with van der Waals surface area (Å²) in [5.41, 5.74) is 0.628. The van der Waals surface area contributed by atoms with Gasteiger partial charge in [-0.25, -0.2) is 4.98 Å². The van der Waals surface area contributed by atoms with E-state index in [2.05, 4.69) is 10.3 Å². The van der Waals surface area contributed by atoms with Gasteiger partial charge in [0.15, 0.2) is 0 Å². The molecule has 0 aliphatic carbocycles. The molecule has 0 saturated carbocycles. The Labute approximate surface area is 89.4 Å². The first-order valence-electron chi connectivity index (χ1n) is 4.41. The fraction of sp³-hybridized carbons (Fsp3) is 0.500. The van der Waals surface area contributed by atoms with E-state index in [1.165, 1.54) is 0 Å². The summed E-state index contributed by atoms with van der Waals surface area (Å²) in [6, 6.07) is 1.76. The Hall–Kier alpha value is -0.800. The zero-order valence-corrected chi connectivity index (χ0v) is 9.64. The summed E-state index contributed by atoms with van der Waals surface area (Å²) < 4.78 is 5.18. The minimum Gasteiger partial charge on any atom is -0.481 e. The van der Waals surface area contributed by atoms with Crippen molar-refractivity contribution >= 4 is 11.6 Å². The van der Waals surface area contributed by atoms with E-state index in [0.717, 1.165) is 5.56 Å². The molecule has 0 atom stereocenters. The summed E-state index contributed by atoms with van der Waals surface area (Å²) in [6.45, 7) is 4.05. The summed E-state index contributed by atoms with van der Waals surface area (Å²) in [5.74, 6) is 0.567.